The van der Waals surface area contributed by atoms with E-state index < -0.39 is 17.9 Å². The third-order valence-electron chi connectivity index (χ3n) is 2.97. The number of aromatic nitrogens is 2. The normalized spacial score (nSPS) is 12.1. The molecule has 2 aromatic rings. The van der Waals surface area contributed by atoms with Gasteiger partial charge in [0.2, 0.25) is 5.76 Å². The van der Waals surface area contributed by atoms with Crippen LogP contribution in [0.3, 0.4) is 0 Å². The number of hydrogen-bond donors (Lipinski definition) is 2. The van der Waals surface area contributed by atoms with E-state index in [1.807, 2.05) is 13.8 Å². The molecule has 1 atom stereocenters. The van der Waals surface area contributed by atoms with Gasteiger partial charge in [0.05, 0.1) is 5.69 Å². The molecule has 0 bridgehead atoms. The Morgan fingerprint density at radius 1 is 1.32 bits per heavy atom. The van der Waals surface area contributed by atoms with Crippen LogP contribution in [0, 0.1) is 5.92 Å². The van der Waals surface area contributed by atoms with Gasteiger partial charge in [0.25, 0.3) is 5.91 Å². The topological polar surface area (TPSA) is 105 Å². The Labute approximate surface area is 127 Å². The van der Waals surface area contributed by atoms with Crippen molar-refractivity contribution in [1.82, 2.24) is 15.5 Å². The number of pyridine rings is 1. The van der Waals surface area contributed by atoms with Crippen molar-refractivity contribution in [3.05, 3.63) is 36.2 Å². The van der Waals surface area contributed by atoms with Gasteiger partial charge in [0, 0.05) is 12.3 Å². The van der Waals surface area contributed by atoms with Crippen LogP contribution in [0.25, 0.3) is 11.4 Å². The van der Waals surface area contributed by atoms with Crippen LogP contribution in [0.4, 0.5) is 0 Å². The first-order valence-electron chi connectivity index (χ1n) is 6.89. The summed E-state index contributed by atoms with van der Waals surface area (Å²) in [5, 5.41) is 15.3. The van der Waals surface area contributed by atoms with Crippen molar-refractivity contribution in [1.29, 1.82) is 0 Å². The smallest absolute Gasteiger partial charge is 0.326 e. The Hall–Kier alpha value is -2.70. The van der Waals surface area contributed by atoms with Gasteiger partial charge in [0.15, 0.2) is 0 Å². The van der Waals surface area contributed by atoms with Gasteiger partial charge in [-0.1, -0.05) is 25.1 Å². The van der Waals surface area contributed by atoms with Gasteiger partial charge in [0.1, 0.15) is 11.7 Å². The van der Waals surface area contributed by atoms with Crippen molar-refractivity contribution in [3.8, 4) is 11.4 Å². The minimum absolute atomic E-state index is 0.0457. The molecule has 0 saturated carbocycles. The first-order valence-corrected chi connectivity index (χ1v) is 6.89. The third kappa shape index (κ3) is 3.91. The summed E-state index contributed by atoms with van der Waals surface area (Å²) in [5.74, 6) is -1.59. The number of nitrogens with zero attached hydrogens (tertiary/aromatic N) is 2. The second-order valence-corrected chi connectivity index (χ2v) is 5.29. The predicted molar refractivity (Wildman–Crippen MR) is 78.1 cm³/mol. The van der Waals surface area contributed by atoms with Crippen LogP contribution in [0.2, 0.25) is 0 Å². The molecule has 0 spiro atoms. The van der Waals surface area contributed by atoms with Crippen molar-refractivity contribution in [2.24, 2.45) is 5.92 Å². The average Bonchev–Trinajstić information content (AvgIpc) is 2.96. The van der Waals surface area contributed by atoms with E-state index in [4.69, 9.17) is 9.63 Å². The molecule has 0 aliphatic carbocycles. The SMILES string of the molecule is CC(C)C[C@H](NC(=O)c1cc(-c2ccccn2)no1)C(=O)O. The Morgan fingerprint density at radius 2 is 2.09 bits per heavy atom. The lowest BCUT2D eigenvalue weighted by molar-refractivity contribution is -0.139. The van der Waals surface area contributed by atoms with Crippen LogP contribution >= 0.6 is 0 Å². The van der Waals surface area contributed by atoms with E-state index in [-0.39, 0.29) is 11.7 Å². The van der Waals surface area contributed by atoms with Crippen LogP contribution in [0.5, 0.6) is 0 Å². The van der Waals surface area contributed by atoms with Crippen molar-refractivity contribution in [2.45, 2.75) is 26.3 Å². The second kappa shape index (κ2) is 6.84. The van der Waals surface area contributed by atoms with Gasteiger partial charge in [-0.3, -0.25) is 9.78 Å². The third-order valence-corrected chi connectivity index (χ3v) is 2.97. The van der Waals surface area contributed by atoms with Crippen molar-refractivity contribution < 1.29 is 19.2 Å². The number of carboxylic acids is 1. The first-order chi connectivity index (χ1) is 10.5. The molecule has 0 aliphatic heterocycles. The number of hydrogen-bond acceptors (Lipinski definition) is 5. The molecule has 2 rings (SSSR count). The fourth-order valence-corrected chi connectivity index (χ4v) is 1.94. The zero-order chi connectivity index (χ0) is 16.1. The Bertz CT molecular complexity index is 652. The van der Waals surface area contributed by atoms with Crippen LogP contribution in [-0.4, -0.2) is 33.2 Å². The summed E-state index contributed by atoms with van der Waals surface area (Å²) >= 11 is 0. The highest BCUT2D eigenvalue weighted by Gasteiger charge is 2.24. The highest BCUT2D eigenvalue weighted by molar-refractivity contribution is 5.94. The maximum atomic E-state index is 12.1. The summed E-state index contributed by atoms with van der Waals surface area (Å²) in [6.45, 7) is 3.77. The van der Waals surface area contributed by atoms with Gasteiger partial charge in [-0.15, -0.1) is 0 Å². The van der Waals surface area contributed by atoms with E-state index in [9.17, 15) is 9.59 Å². The van der Waals surface area contributed by atoms with Gasteiger partial charge in [-0.05, 0) is 24.5 Å². The summed E-state index contributed by atoms with van der Waals surface area (Å²) in [6.07, 6.45) is 1.94. The highest BCUT2D eigenvalue weighted by Crippen LogP contribution is 2.16. The van der Waals surface area contributed by atoms with Gasteiger partial charge in [-0.2, -0.15) is 0 Å². The molecule has 0 radical (unpaired) electrons. The monoisotopic (exact) mass is 303 g/mol. The highest BCUT2D eigenvalue weighted by atomic mass is 16.5. The number of amides is 1. The van der Waals surface area contributed by atoms with Crippen molar-refractivity contribution in [2.75, 3.05) is 0 Å². The summed E-state index contributed by atoms with van der Waals surface area (Å²) in [4.78, 5) is 27.3. The van der Waals surface area contributed by atoms with E-state index in [1.165, 1.54) is 6.07 Å². The zero-order valence-electron chi connectivity index (χ0n) is 12.3. The number of carbonyl (C=O) groups excluding carboxylic acids is 1. The maximum absolute atomic E-state index is 12.1. The molecule has 2 N–H and O–H groups in total. The molecule has 1 amide bonds. The number of carboxylic acid groups (broad SMARTS) is 1. The average molecular weight is 303 g/mol. The fraction of sp³-hybridized carbons (Fsp3) is 0.333. The number of aliphatic carboxylic acids is 1. The first kappa shape index (κ1) is 15.7. The van der Waals surface area contributed by atoms with E-state index in [1.54, 1.807) is 24.4 Å². The molecule has 0 aromatic carbocycles. The number of carbonyl (C=O) groups is 2. The van der Waals surface area contributed by atoms with Crippen LogP contribution < -0.4 is 5.32 Å². The maximum Gasteiger partial charge on any atom is 0.326 e. The molecule has 0 unspecified atom stereocenters. The lowest BCUT2D eigenvalue weighted by atomic mass is 10.0. The minimum atomic E-state index is -1.08. The van der Waals surface area contributed by atoms with E-state index in [2.05, 4.69) is 15.5 Å². The molecule has 7 nitrogen and oxygen atoms in total. The van der Waals surface area contributed by atoms with Gasteiger partial charge >= 0.3 is 5.97 Å². The summed E-state index contributed by atoms with van der Waals surface area (Å²) < 4.78 is 4.97. The Balaban J connectivity index is 2.10. The minimum Gasteiger partial charge on any atom is -0.480 e. The van der Waals surface area contributed by atoms with Gasteiger partial charge in [-0.25, -0.2) is 4.79 Å². The standard InChI is InChI=1S/C15H17N3O4/c1-9(2)7-12(15(20)21)17-14(19)13-8-11(18-22-13)10-5-3-4-6-16-10/h3-6,8-9,12H,7H2,1-2H3,(H,17,19)(H,20,21)/t12-/m0/s1. The molecule has 2 heterocycles. The van der Waals surface area contributed by atoms with Crippen LogP contribution in [0.1, 0.15) is 30.8 Å². The molecule has 22 heavy (non-hydrogen) atoms. The number of rotatable bonds is 6. The molecule has 0 saturated heterocycles. The summed E-state index contributed by atoms with van der Waals surface area (Å²) in [6, 6.07) is 5.76. The van der Waals surface area contributed by atoms with Crippen LogP contribution in [0.15, 0.2) is 35.0 Å². The lowest BCUT2D eigenvalue weighted by Crippen LogP contribution is -2.41. The van der Waals surface area contributed by atoms with Crippen molar-refractivity contribution >= 4 is 11.9 Å². The second-order valence-electron chi connectivity index (χ2n) is 5.29. The molecule has 0 aliphatic rings. The van der Waals surface area contributed by atoms with E-state index in [0.29, 0.717) is 17.8 Å². The summed E-state index contributed by atoms with van der Waals surface area (Å²) in [5.41, 5.74) is 0.990. The van der Waals surface area contributed by atoms with E-state index in [0.717, 1.165) is 0 Å². The molecule has 2 aromatic heterocycles. The van der Waals surface area contributed by atoms with Crippen molar-refractivity contribution in [3.63, 3.8) is 0 Å². The molecular formula is C15H17N3O4. The Kier molecular flexibility index (Phi) is 4.88. The van der Waals surface area contributed by atoms with Crippen LogP contribution in [-0.2, 0) is 4.79 Å². The fourth-order valence-electron chi connectivity index (χ4n) is 1.94. The van der Waals surface area contributed by atoms with E-state index >= 15 is 0 Å². The molecular weight excluding hydrogens is 286 g/mol. The summed E-state index contributed by atoms with van der Waals surface area (Å²) in [7, 11) is 0. The molecule has 0 fully saturated rings. The molecule has 116 valence electrons. The quantitative estimate of drug-likeness (QED) is 0.845. The zero-order valence-corrected chi connectivity index (χ0v) is 12.3. The number of nitrogens with one attached hydrogen (secondary N) is 1. The predicted octanol–water partition coefficient (Wildman–Crippen LogP) is 1.97. The Morgan fingerprint density at radius 3 is 2.68 bits per heavy atom. The largest absolute Gasteiger partial charge is 0.480 e. The van der Waals surface area contributed by atoms with Gasteiger partial charge < -0.3 is 14.9 Å². The molecule has 7 heteroatoms. The lowest BCUT2D eigenvalue weighted by Gasteiger charge is -2.15.